The molecule has 1 N–H and O–H groups in total. The van der Waals surface area contributed by atoms with Crippen molar-refractivity contribution in [2.24, 2.45) is 5.92 Å². The summed E-state index contributed by atoms with van der Waals surface area (Å²) in [5.41, 5.74) is 0.380. The highest BCUT2D eigenvalue weighted by Crippen LogP contribution is 2.34. The second kappa shape index (κ2) is 6.57. The number of piperazine rings is 1. The van der Waals surface area contributed by atoms with E-state index in [0.29, 0.717) is 17.5 Å². The van der Waals surface area contributed by atoms with Crippen molar-refractivity contribution >= 4 is 22.9 Å². The molecule has 3 rings (SSSR count). The minimum atomic E-state index is 0.380. The molecule has 2 fully saturated rings. The summed E-state index contributed by atoms with van der Waals surface area (Å²) in [7, 11) is 0. The average molecular weight is 327 g/mol. The maximum absolute atomic E-state index is 6.11. The van der Waals surface area contributed by atoms with Gasteiger partial charge in [0.15, 0.2) is 0 Å². The quantitative estimate of drug-likeness (QED) is 0.877. The van der Waals surface area contributed by atoms with E-state index in [4.69, 9.17) is 11.6 Å². The molecule has 118 valence electrons. The summed E-state index contributed by atoms with van der Waals surface area (Å²) in [5.74, 6) is 0.689. The van der Waals surface area contributed by atoms with Crippen LogP contribution in [0.4, 0.5) is 0 Å². The van der Waals surface area contributed by atoms with Gasteiger partial charge >= 0.3 is 0 Å². The van der Waals surface area contributed by atoms with Crippen molar-refractivity contribution in [3.05, 3.63) is 21.3 Å². The molecule has 2 nitrogen and oxygen atoms in total. The van der Waals surface area contributed by atoms with Crippen LogP contribution < -0.4 is 5.32 Å². The molecule has 0 amide bonds. The maximum Gasteiger partial charge on any atom is 0.0931 e. The smallest absolute Gasteiger partial charge is 0.0931 e. The first kappa shape index (κ1) is 15.8. The summed E-state index contributed by atoms with van der Waals surface area (Å²) in [5, 5.41) is 3.92. The van der Waals surface area contributed by atoms with Crippen LogP contribution in [-0.2, 0) is 6.54 Å². The lowest BCUT2D eigenvalue weighted by atomic mass is 9.78. The second-order valence-corrected chi connectivity index (χ2v) is 8.94. The van der Waals surface area contributed by atoms with E-state index in [2.05, 4.69) is 30.1 Å². The normalized spacial score (nSPS) is 26.6. The minimum absolute atomic E-state index is 0.380. The highest BCUT2D eigenvalue weighted by atomic mass is 35.5. The van der Waals surface area contributed by atoms with E-state index in [9.17, 15) is 0 Å². The first-order valence-electron chi connectivity index (χ1n) is 8.31. The Bertz CT molecular complexity index is 465. The van der Waals surface area contributed by atoms with Crippen LogP contribution in [0, 0.1) is 5.92 Å². The number of nitrogens with zero attached hydrogens (tertiary/aromatic N) is 1. The van der Waals surface area contributed by atoms with E-state index >= 15 is 0 Å². The molecule has 0 bridgehead atoms. The van der Waals surface area contributed by atoms with Crippen molar-refractivity contribution in [2.75, 3.05) is 13.1 Å². The molecule has 1 aliphatic carbocycles. The van der Waals surface area contributed by atoms with Gasteiger partial charge in [-0.15, -0.1) is 11.3 Å². The first-order chi connectivity index (χ1) is 10.1. The van der Waals surface area contributed by atoms with Crippen molar-refractivity contribution in [3.63, 3.8) is 0 Å². The zero-order valence-electron chi connectivity index (χ0n) is 13.2. The van der Waals surface area contributed by atoms with E-state index < -0.39 is 0 Å². The number of hydrogen-bond donors (Lipinski definition) is 1. The monoisotopic (exact) mass is 326 g/mol. The van der Waals surface area contributed by atoms with E-state index in [0.717, 1.165) is 17.4 Å². The third kappa shape index (κ3) is 3.64. The molecule has 0 radical (unpaired) electrons. The van der Waals surface area contributed by atoms with Gasteiger partial charge in [-0.3, -0.25) is 4.90 Å². The molecule has 1 atom stereocenters. The van der Waals surface area contributed by atoms with Crippen LogP contribution in [0.3, 0.4) is 0 Å². The van der Waals surface area contributed by atoms with Crippen LogP contribution in [0.1, 0.15) is 50.8 Å². The Labute approximate surface area is 137 Å². The molecule has 2 heterocycles. The molecule has 1 saturated heterocycles. The number of hydrogen-bond acceptors (Lipinski definition) is 3. The Kier molecular flexibility index (Phi) is 4.94. The van der Waals surface area contributed by atoms with E-state index in [1.807, 2.05) is 6.07 Å². The Hall–Kier alpha value is -0.0900. The van der Waals surface area contributed by atoms with Crippen LogP contribution in [0.5, 0.6) is 0 Å². The van der Waals surface area contributed by atoms with Gasteiger partial charge in [-0.1, -0.05) is 44.7 Å². The molecule has 1 unspecified atom stereocenters. The molecule has 2 aliphatic rings. The lowest BCUT2D eigenvalue weighted by Gasteiger charge is -2.50. The molecule has 1 aromatic rings. The van der Waals surface area contributed by atoms with Crippen LogP contribution in [0.15, 0.2) is 12.1 Å². The molecule has 1 spiro atoms. The summed E-state index contributed by atoms with van der Waals surface area (Å²) in [6.07, 6.45) is 6.88. The zero-order valence-corrected chi connectivity index (χ0v) is 14.8. The summed E-state index contributed by atoms with van der Waals surface area (Å²) in [6, 6.07) is 4.86. The highest BCUT2D eigenvalue weighted by Gasteiger charge is 2.40. The van der Waals surface area contributed by atoms with Gasteiger partial charge in [0, 0.05) is 36.1 Å². The summed E-state index contributed by atoms with van der Waals surface area (Å²) < 4.78 is 0.911. The van der Waals surface area contributed by atoms with Gasteiger partial charge in [0.05, 0.1) is 4.34 Å². The Morgan fingerprint density at radius 2 is 2.10 bits per heavy atom. The number of rotatable bonds is 3. The number of halogens is 1. The molecule has 21 heavy (non-hydrogen) atoms. The Balaban J connectivity index is 1.74. The predicted molar refractivity (Wildman–Crippen MR) is 92.2 cm³/mol. The van der Waals surface area contributed by atoms with Crippen molar-refractivity contribution in [2.45, 2.75) is 64.1 Å². The van der Waals surface area contributed by atoms with Gasteiger partial charge in [-0.25, -0.2) is 0 Å². The summed E-state index contributed by atoms with van der Waals surface area (Å²) >= 11 is 7.84. The Morgan fingerprint density at radius 3 is 2.71 bits per heavy atom. The van der Waals surface area contributed by atoms with Crippen molar-refractivity contribution < 1.29 is 0 Å². The standard InChI is InChI=1S/C17H27ClN2S/c1-13(2)15-10-19-17(8-4-3-5-9-17)12-20(15)11-14-6-7-16(18)21-14/h6-7,13,15,19H,3-5,8-12H2,1-2H3. The van der Waals surface area contributed by atoms with Gasteiger partial charge in [-0.05, 0) is 30.9 Å². The molecule has 1 aliphatic heterocycles. The van der Waals surface area contributed by atoms with Gasteiger partial charge in [-0.2, -0.15) is 0 Å². The van der Waals surface area contributed by atoms with Gasteiger partial charge in [0.1, 0.15) is 0 Å². The fourth-order valence-corrected chi connectivity index (χ4v) is 5.16. The highest BCUT2D eigenvalue weighted by molar-refractivity contribution is 7.16. The SMILES string of the molecule is CC(C)C1CNC2(CCCCC2)CN1Cc1ccc(Cl)s1. The molecule has 0 aromatic carbocycles. The maximum atomic E-state index is 6.11. The topological polar surface area (TPSA) is 15.3 Å². The van der Waals surface area contributed by atoms with Crippen LogP contribution in [0.2, 0.25) is 4.34 Å². The van der Waals surface area contributed by atoms with Crippen LogP contribution in [0.25, 0.3) is 0 Å². The van der Waals surface area contributed by atoms with Crippen molar-refractivity contribution in [3.8, 4) is 0 Å². The number of nitrogens with one attached hydrogen (secondary N) is 1. The lowest BCUT2D eigenvalue weighted by molar-refractivity contribution is 0.0316. The Morgan fingerprint density at radius 1 is 1.33 bits per heavy atom. The summed E-state index contributed by atoms with van der Waals surface area (Å²) in [6.45, 7) is 8.09. The number of thiophene rings is 1. The first-order valence-corrected chi connectivity index (χ1v) is 9.51. The van der Waals surface area contributed by atoms with E-state index in [-0.39, 0.29) is 0 Å². The zero-order chi connectivity index (χ0) is 14.9. The fraction of sp³-hybridized carbons (Fsp3) is 0.765. The van der Waals surface area contributed by atoms with Crippen LogP contribution >= 0.6 is 22.9 Å². The molecule has 4 heteroatoms. The third-order valence-electron chi connectivity index (χ3n) is 5.23. The fourth-order valence-electron chi connectivity index (χ4n) is 4.04. The molecule has 1 aromatic heterocycles. The largest absolute Gasteiger partial charge is 0.308 e. The molecular weight excluding hydrogens is 300 g/mol. The van der Waals surface area contributed by atoms with Gasteiger partial charge < -0.3 is 5.32 Å². The minimum Gasteiger partial charge on any atom is -0.308 e. The molecule has 1 saturated carbocycles. The summed E-state index contributed by atoms with van der Waals surface area (Å²) in [4.78, 5) is 4.12. The van der Waals surface area contributed by atoms with E-state index in [1.165, 1.54) is 43.5 Å². The average Bonchev–Trinajstić information content (AvgIpc) is 2.85. The van der Waals surface area contributed by atoms with Crippen molar-refractivity contribution in [1.82, 2.24) is 10.2 Å². The van der Waals surface area contributed by atoms with Gasteiger partial charge in [0.2, 0.25) is 0 Å². The van der Waals surface area contributed by atoms with Crippen LogP contribution in [-0.4, -0.2) is 29.6 Å². The lowest BCUT2D eigenvalue weighted by Crippen LogP contribution is -2.65. The third-order valence-corrected chi connectivity index (χ3v) is 6.44. The van der Waals surface area contributed by atoms with Crippen molar-refractivity contribution in [1.29, 1.82) is 0 Å². The van der Waals surface area contributed by atoms with E-state index in [1.54, 1.807) is 11.3 Å². The molecular formula is C17H27ClN2S. The van der Waals surface area contributed by atoms with Gasteiger partial charge in [0.25, 0.3) is 0 Å². The predicted octanol–water partition coefficient (Wildman–Crippen LogP) is 4.53. The second-order valence-electron chi connectivity index (χ2n) is 7.14.